The largest absolute Gasteiger partial charge is 0.376 e. The van der Waals surface area contributed by atoms with Gasteiger partial charge in [-0.05, 0) is 31.4 Å². The lowest BCUT2D eigenvalue weighted by atomic mass is 10.1. The van der Waals surface area contributed by atoms with Gasteiger partial charge in [-0.15, -0.1) is 0 Å². The smallest absolute Gasteiger partial charge is 0.251 e. The van der Waals surface area contributed by atoms with Gasteiger partial charge in [0, 0.05) is 24.4 Å². The van der Waals surface area contributed by atoms with Gasteiger partial charge in [-0.3, -0.25) is 4.79 Å². The number of ether oxygens (including phenoxy) is 1. The molecule has 1 unspecified atom stereocenters. The zero-order valence-electron chi connectivity index (χ0n) is 11.1. The van der Waals surface area contributed by atoms with Gasteiger partial charge >= 0.3 is 0 Å². The summed E-state index contributed by atoms with van der Waals surface area (Å²) in [6, 6.07) is 3.41. The van der Waals surface area contributed by atoms with Crippen molar-refractivity contribution >= 4 is 17.5 Å². The molecular formula is C14H19ClN2O2. The summed E-state index contributed by atoms with van der Waals surface area (Å²) in [5, 5.41) is 3.26. The maximum Gasteiger partial charge on any atom is 0.251 e. The van der Waals surface area contributed by atoms with Gasteiger partial charge in [-0.25, -0.2) is 4.98 Å². The van der Waals surface area contributed by atoms with Crippen molar-refractivity contribution in [2.75, 3.05) is 13.2 Å². The second-order valence-corrected chi connectivity index (χ2v) is 5.15. The summed E-state index contributed by atoms with van der Waals surface area (Å²) in [7, 11) is 0. The number of carbonyl (C=O) groups excluding carboxylic acids is 1. The van der Waals surface area contributed by atoms with E-state index < -0.39 is 0 Å². The van der Waals surface area contributed by atoms with Gasteiger partial charge in [0.05, 0.1) is 6.10 Å². The van der Waals surface area contributed by atoms with Crippen LogP contribution < -0.4 is 5.32 Å². The highest BCUT2D eigenvalue weighted by Gasteiger charge is 2.17. The van der Waals surface area contributed by atoms with Crippen LogP contribution in [-0.2, 0) is 11.2 Å². The van der Waals surface area contributed by atoms with Crippen LogP contribution in [0.25, 0.3) is 0 Å². The second kappa shape index (κ2) is 6.87. The van der Waals surface area contributed by atoms with E-state index in [9.17, 15) is 4.79 Å². The van der Waals surface area contributed by atoms with E-state index in [1.165, 1.54) is 0 Å². The van der Waals surface area contributed by atoms with Crippen molar-refractivity contribution in [2.45, 2.75) is 38.7 Å². The Hall–Kier alpha value is -1.13. The Kier molecular flexibility index (Phi) is 5.16. The number of halogens is 1. The third-order valence-corrected chi connectivity index (χ3v) is 3.32. The Morgan fingerprint density at radius 2 is 2.42 bits per heavy atom. The minimum atomic E-state index is -0.114. The van der Waals surface area contributed by atoms with Crippen LogP contribution in [0.3, 0.4) is 0 Å². The lowest BCUT2D eigenvalue weighted by Gasteiger charge is -2.11. The van der Waals surface area contributed by atoms with E-state index in [0.717, 1.165) is 38.0 Å². The highest BCUT2D eigenvalue weighted by Crippen LogP contribution is 2.14. The zero-order chi connectivity index (χ0) is 13.7. The lowest BCUT2D eigenvalue weighted by Crippen LogP contribution is -2.31. The first-order valence-corrected chi connectivity index (χ1v) is 7.13. The van der Waals surface area contributed by atoms with Crippen molar-refractivity contribution in [3.63, 3.8) is 0 Å². The van der Waals surface area contributed by atoms with Crippen molar-refractivity contribution in [3.05, 3.63) is 28.5 Å². The third kappa shape index (κ3) is 4.18. The number of aromatic nitrogens is 1. The van der Waals surface area contributed by atoms with Crippen LogP contribution >= 0.6 is 11.6 Å². The number of hydrogen-bond acceptors (Lipinski definition) is 3. The Morgan fingerprint density at radius 1 is 1.58 bits per heavy atom. The summed E-state index contributed by atoms with van der Waals surface area (Å²) in [6.45, 7) is 3.42. The Morgan fingerprint density at radius 3 is 3.11 bits per heavy atom. The molecule has 4 nitrogen and oxygen atoms in total. The fourth-order valence-corrected chi connectivity index (χ4v) is 2.41. The monoisotopic (exact) mass is 282 g/mol. The first-order chi connectivity index (χ1) is 9.19. The predicted octanol–water partition coefficient (Wildman–Crippen LogP) is 2.60. The van der Waals surface area contributed by atoms with E-state index in [-0.39, 0.29) is 12.0 Å². The molecule has 1 atom stereocenters. The average molecular weight is 283 g/mol. The van der Waals surface area contributed by atoms with E-state index >= 15 is 0 Å². The summed E-state index contributed by atoms with van der Waals surface area (Å²) >= 11 is 5.94. The molecule has 0 radical (unpaired) electrons. The Bertz CT molecular complexity index is 445. The topological polar surface area (TPSA) is 51.2 Å². The normalized spacial score (nSPS) is 18.5. The van der Waals surface area contributed by atoms with Crippen LogP contribution in [0.1, 0.15) is 42.2 Å². The van der Waals surface area contributed by atoms with Gasteiger partial charge in [-0.2, -0.15) is 0 Å². The first-order valence-electron chi connectivity index (χ1n) is 6.75. The summed E-state index contributed by atoms with van der Waals surface area (Å²) in [5.74, 6) is -0.114. The second-order valence-electron chi connectivity index (χ2n) is 4.76. The van der Waals surface area contributed by atoms with Crippen molar-refractivity contribution < 1.29 is 9.53 Å². The molecule has 2 rings (SSSR count). The molecule has 0 spiro atoms. The molecule has 1 saturated heterocycles. The quantitative estimate of drug-likeness (QED) is 0.845. The fourth-order valence-electron chi connectivity index (χ4n) is 2.18. The molecule has 1 amide bonds. The average Bonchev–Trinajstić information content (AvgIpc) is 2.88. The van der Waals surface area contributed by atoms with Crippen LogP contribution in [0.2, 0.25) is 5.15 Å². The van der Waals surface area contributed by atoms with Gasteiger partial charge in [0.1, 0.15) is 5.15 Å². The molecule has 104 valence electrons. The number of carbonyl (C=O) groups is 1. The number of nitrogens with zero attached hydrogens (tertiary/aromatic N) is 1. The summed E-state index contributed by atoms with van der Waals surface area (Å²) < 4.78 is 5.47. The van der Waals surface area contributed by atoms with Crippen LogP contribution in [0, 0.1) is 0 Å². The molecule has 1 aromatic heterocycles. The van der Waals surface area contributed by atoms with Gasteiger partial charge < -0.3 is 10.1 Å². The van der Waals surface area contributed by atoms with Crippen molar-refractivity contribution in [1.29, 1.82) is 0 Å². The van der Waals surface area contributed by atoms with Gasteiger partial charge in [0.2, 0.25) is 0 Å². The summed E-state index contributed by atoms with van der Waals surface area (Å²) in [6.07, 6.45) is 4.04. The molecule has 1 aliphatic rings. The highest BCUT2D eigenvalue weighted by atomic mass is 35.5. The molecule has 5 heteroatoms. The van der Waals surface area contributed by atoms with E-state index in [1.54, 1.807) is 12.1 Å². The molecule has 2 heterocycles. The summed E-state index contributed by atoms with van der Waals surface area (Å²) in [5.41, 5.74) is 1.43. The molecular weight excluding hydrogens is 264 g/mol. The van der Waals surface area contributed by atoms with Crippen molar-refractivity contribution in [3.8, 4) is 0 Å². The Labute approximate surface area is 118 Å². The molecule has 1 aromatic rings. The fraction of sp³-hybridized carbons (Fsp3) is 0.571. The molecule has 19 heavy (non-hydrogen) atoms. The molecule has 1 fully saturated rings. The molecule has 1 N–H and O–H groups in total. The molecule has 1 aliphatic heterocycles. The van der Waals surface area contributed by atoms with Crippen molar-refractivity contribution in [2.24, 2.45) is 0 Å². The van der Waals surface area contributed by atoms with Gasteiger partial charge in [-0.1, -0.05) is 24.9 Å². The van der Waals surface area contributed by atoms with Crippen LogP contribution in [-0.4, -0.2) is 30.1 Å². The van der Waals surface area contributed by atoms with Crippen molar-refractivity contribution in [1.82, 2.24) is 10.3 Å². The van der Waals surface area contributed by atoms with Crippen LogP contribution in [0.4, 0.5) is 0 Å². The lowest BCUT2D eigenvalue weighted by molar-refractivity contribution is 0.0857. The SMILES string of the molecule is CCCc1cc(C(=O)NCC2CCCO2)cc(Cl)n1. The van der Waals surface area contributed by atoms with E-state index in [1.807, 2.05) is 0 Å². The predicted molar refractivity (Wildman–Crippen MR) is 74.5 cm³/mol. The van der Waals surface area contributed by atoms with E-state index in [2.05, 4.69) is 17.2 Å². The number of hydrogen-bond donors (Lipinski definition) is 1. The van der Waals surface area contributed by atoms with E-state index in [4.69, 9.17) is 16.3 Å². The van der Waals surface area contributed by atoms with Gasteiger partial charge in [0.15, 0.2) is 0 Å². The molecule has 0 bridgehead atoms. The van der Waals surface area contributed by atoms with Crippen LogP contribution in [0.5, 0.6) is 0 Å². The third-order valence-electron chi connectivity index (χ3n) is 3.13. The maximum atomic E-state index is 12.1. The number of aryl methyl sites for hydroxylation is 1. The minimum Gasteiger partial charge on any atom is -0.376 e. The first kappa shape index (κ1) is 14.3. The molecule has 0 aromatic carbocycles. The minimum absolute atomic E-state index is 0.114. The van der Waals surface area contributed by atoms with Gasteiger partial charge in [0.25, 0.3) is 5.91 Å². The molecule has 0 aliphatic carbocycles. The number of nitrogens with one attached hydrogen (secondary N) is 1. The number of amides is 1. The Balaban J connectivity index is 1.97. The standard InChI is InChI=1S/C14H19ClN2O2/c1-2-4-11-7-10(8-13(15)17-11)14(18)16-9-12-5-3-6-19-12/h7-8,12H,2-6,9H2,1H3,(H,16,18). The highest BCUT2D eigenvalue weighted by molar-refractivity contribution is 6.29. The van der Waals surface area contributed by atoms with Crippen LogP contribution in [0.15, 0.2) is 12.1 Å². The maximum absolute atomic E-state index is 12.1. The molecule has 0 saturated carbocycles. The summed E-state index contributed by atoms with van der Waals surface area (Å²) in [4.78, 5) is 16.3. The zero-order valence-corrected chi connectivity index (χ0v) is 11.9. The van der Waals surface area contributed by atoms with E-state index in [0.29, 0.717) is 17.3 Å². The number of pyridine rings is 1. The number of rotatable bonds is 5.